The lowest BCUT2D eigenvalue weighted by atomic mass is 9.99. The summed E-state index contributed by atoms with van der Waals surface area (Å²) in [6, 6.07) is 8.45. The van der Waals surface area contributed by atoms with Gasteiger partial charge >= 0.3 is 0 Å². The molecule has 0 radical (unpaired) electrons. The maximum atomic E-state index is 5.62. The number of thiazole rings is 1. The first kappa shape index (κ1) is 16.6. The molecule has 0 bridgehead atoms. The van der Waals surface area contributed by atoms with E-state index in [4.69, 9.17) is 22.3 Å². The van der Waals surface area contributed by atoms with E-state index in [1.807, 2.05) is 16.0 Å². The van der Waals surface area contributed by atoms with Gasteiger partial charge in [0.1, 0.15) is 5.82 Å². The van der Waals surface area contributed by atoms with Crippen LogP contribution >= 0.6 is 23.6 Å². The largest absolute Gasteiger partial charge is 0.307 e. The van der Waals surface area contributed by atoms with E-state index >= 15 is 0 Å². The second-order valence-electron chi connectivity index (χ2n) is 7.55. The Morgan fingerprint density at radius 3 is 2.85 bits per heavy atom. The molecule has 3 aromatic rings. The minimum atomic E-state index is 0.516. The van der Waals surface area contributed by atoms with E-state index in [0.29, 0.717) is 11.8 Å². The molecule has 136 valence electrons. The summed E-state index contributed by atoms with van der Waals surface area (Å²) in [4.78, 5) is 7.38. The molecule has 0 amide bonds. The lowest BCUT2D eigenvalue weighted by Crippen LogP contribution is -2.36. The Morgan fingerprint density at radius 1 is 1.19 bits per heavy atom. The Labute approximate surface area is 162 Å². The van der Waals surface area contributed by atoms with Crippen molar-refractivity contribution in [3.05, 3.63) is 39.9 Å². The highest BCUT2D eigenvalue weighted by molar-refractivity contribution is 7.71. The smallest absolute Gasteiger partial charge is 0.198 e. The fraction of sp³-hybridized carbons (Fsp3) is 0.526. The van der Waals surface area contributed by atoms with Gasteiger partial charge in [-0.25, -0.2) is 9.67 Å². The first-order chi connectivity index (χ1) is 12.7. The van der Waals surface area contributed by atoms with Gasteiger partial charge in [0.2, 0.25) is 0 Å². The molecule has 1 saturated carbocycles. The number of hydrogen-bond acceptors (Lipinski definition) is 5. The van der Waals surface area contributed by atoms with Crippen LogP contribution in [0.3, 0.4) is 0 Å². The van der Waals surface area contributed by atoms with Gasteiger partial charge in [-0.3, -0.25) is 4.90 Å². The van der Waals surface area contributed by atoms with Gasteiger partial charge < -0.3 is 4.57 Å². The zero-order valence-corrected chi connectivity index (χ0v) is 16.6. The van der Waals surface area contributed by atoms with E-state index in [9.17, 15) is 0 Å². The normalized spacial score (nSPS) is 21.5. The fourth-order valence-electron chi connectivity index (χ4n) is 3.93. The highest BCUT2D eigenvalue weighted by Gasteiger charge is 2.30. The van der Waals surface area contributed by atoms with Crippen molar-refractivity contribution < 1.29 is 0 Å². The molecule has 1 aliphatic heterocycles. The van der Waals surface area contributed by atoms with Crippen molar-refractivity contribution in [3.63, 3.8) is 0 Å². The number of hydrogen-bond donors (Lipinski definition) is 0. The predicted octanol–water partition coefficient (Wildman–Crippen LogP) is 4.28. The van der Waals surface area contributed by atoms with Crippen LogP contribution in [-0.2, 0) is 13.7 Å². The van der Waals surface area contributed by atoms with Gasteiger partial charge in [0, 0.05) is 25.4 Å². The van der Waals surface area contributed by atoms with Gasteiger partial charge in [0.25, 0.3) is 0 Å². The van der Waals surface area contributed by atoms with Crippen LogP contribution in [0.5, 0.6) is 0 Å². The van der Waals surface area contributed by atoms with Gasteiger partial charge in [-0.15, -0.1) is 11.3 Å². The molecule has 3 heterocycles. The molecule has 7 heteroatoms. The molecule has 0 spiro atoms. The van der Waals surface area contributed by atoms with Crippen molar-refractivity contribution in [2.24, 2.45) is 7.05 Å². The highest BCUT2D eigenvalue weighted by atomic mass is 32.1. The van der Waals surface area contributed by atoms with Crippen LogP contribution in [0.1, 0.15) is 48.4 Å². The molecular formula is C19H23N5S2. The summed E-state index contributed by atoms with van der Waals surface area (Å²) >= 11 is 7.47. The van der Waals surface area contributed by atoms with E-state index in [1.54, 1.807) is 0 Å². The topological polar surface area (TPSA) is 38.9 Å². The molecule has 1 atom stereocenters. The number of likely N-dealkylation sites (tertiary alicyclic amines) is 1. The van der Waals surface area contributed by atoms with Crippen molar-refractivity contribution >= 4 is 33.8 Å². The minimum Gasteiger partial charge on any atom is -0.307 e. The van der Waals surface area contributed by atoms with Crippen LogP contribution in [0, 0.1) is 4.77 Å². The van der Waals surface area contributed by atoms with Crippen molar-refractivity contribution in [2.45, 2.75) is 44.2 Å². The Hall–Kier alpha value is -1.57. The van der Waals surface area contributed by atoms with Crippen LogP contribution in [0.15, 0.2) is 24.3 Å². The number of fused-ring (bicyclic) bond motifs is 1. The number of rotatable bonds is 4. The number of piperidine rings is 1. The lowest BCUT2D eigenvalue weighted by molar-refractivity contribution is 0.156. The van der Waals surface area contributed by atoms with Gasteiger partial charge in [-0.05, 0) is 56.6 Å². The molecule has 0 unspecified atom stereocenters. The van der Waals surface area contributed by atoms with E-state index < -0.39 is 0 Å². The van der Waals surface area contributed by atoms with Gasteiger partial charge in [0.15, 0.2) is 4.77 Å². The molecule has 1 saturated heterocycles. The molecule has 5 nitrogen and oxygen atoms in total. The Balaban J connectivity index is 1.34. The maximum absolute atomic E-state index is 5.62. The average Bonchev–Trinajstić information content (AvgIpc) is 3.35. The molecule has 1 aromatic carbocycles. The summed E-state index contributed by atoms with van der Waals surface area (Å²) in [5.41, 5.74) is 1.13. The molecule has 5 rings (SSSR count). The van der Waals surface area contributed by atoms with E-state index in [1.165, 1.54) is 35.4 Å². The first-order valence-corrected chi connectivity index (χ1v) is 10.6. The van der Waals surface area contributed by atoms with Gasteiger partial charge in [-0.1, -0.05) is 12.1 Å². The summed E-state index contributed by atoms with van der Waals surface area (Å²) in [7, 11) is 2.06. The van der Waals surface area contributed by atoms with E-state index in [2.05, 4.69) is 40.8 Å². The van der Waals surface area contributed by atoms with Crippen molar-refractivity contribution in [1.29, 1.82) is 0 Å². The summed E-state index contributed by atoms with van der Waals surface area (Å²) < 4.78 is 6.25. The van der Waals surface area contributed by atoms with Crippen molar-refractivity contribution in [1.82, 2.24) is 24.2 Å². The van der Waals surface area contributed by atoms with Crippen LogP contribution in [-0.4, -0.2) is 37.3 Å². The second-order valence-corrected chi connectivity index (χ2v) is 8.98. The molecule has 0 N–H and O–H groups in total. The Kier molecular flexibility index (Phi) is 4.18. The third kappa shape index (κ3) is 3.02. The van der Waals surface area contributed by atoms with E-state index in [0.717, 1.165) is 35.9 Å². The standard InChI is InChI=1S/C19H23N5S2/c1-22-17(13-8-9-13)21-24(19(22)25)12-23-10-4-5-14(11-23)18-20-15-6-2-3-7-16(15)26-18/h2-3,6-7,13-14H,4-5,8-12H2,1H3/t14-/m0/s1. The summed E-state index contributed by atoms with van der Waals surface area (Å²) in [5, 5.41) is 6.10. The number of aromatic nitrogens is 4. The zero-order valence-electron chi connectivity index (χ0n) is 15.0. The number of nitrogens with zero attached hydrogens (tertiary/aromatic N) is 5. The molecular weight excluding hydrogens is 362 g/mol. The molecule has 2 aromatic heterocycles. The number of benzene rings is 1. The molecule has 1 aliphatic carbocycles. The van der Waals surface area contributed by atoms with Crippen LogP contribution < -0.4 is 0 Å². The van der Waals surface area contributed by atoms with Crippen LogP contribution in [0.4, 0.5) is 0 Å². The summed E-state index contributed by atoms with van der Waals surface area (Å²) in [5.74, 6) is 2.30. The summed E-state index contributed by atoms with van der Waals surface area (Å²) in [6.45, 7) is 2.94. The van der Waals surface area contributed by atoms with Gasteiger partial charge in [0.05, 0.1) is 21.9 Å². The minimum absolute atomic E-state index is 0.516. The zero-order chi connectivity index (χ0) is 17.7. The SMILES string of the molecule is Cn1c(C2CC2)nn(CN2CCC[C@H](c3nc4ccccc4s3)C2)c1=S. The highest BCUT2D eigenvalue weighted by Crippen LogP contribution is 2.39. The number of para-hydroxylation sites is 1. The lowest BCUT2D eigenvalue weighted by Gasteiger charge is -2.31. The molecule has 2 fully saturated rings. The van der Waals surface area contributed by atoms with Crippen molar-refractivity contribution in [2.75, 3.05) is 13.1 Å². The molecule has 2 aliphatic rings. The van der Waals surface area contributed by atoms with Crippen LogP contribution in [0.25, 0.3) is 10.2 Å². The van der Waals surface area contributed by atoms with Gasteiger partial charge in [-0.2, -0.15) is 5.10 Å². The third-order valence-electron chi connectivity index (χ3n) is 5.52. The molecule has 26 heavy (non-hydrogen) atoms. The third-order valence-corrected chi connectivity index (χ3v) is 7.20. The fourth-order valence-corrected chi connectivity index (χ4v) is 5.22. The summed E-state index contributed by atoms with van der Waals surface area (Å²) in [6.07, 6.45) is 4.93. The quantitative estimate of drug-likeness (QED) is 0.629. The monoisotopic (exact) mass is 385 g/mol. The first-order valence-electron chi connectivity index (χ1n) is 9.40. The average molecular weight is 386 g/mol. The predicted molar refractivity (Wildman–Crippen MR) is 107 cm³/mol. The Bertz CT molecular complexity index is 964. The second kappa shape index (κ2) is 6.55. The Morgan fingerprint density at radius 2 is 2.04 bits per heavy atom. The van der Waals surface area contributed by atoms with Crippen molar-refractivity contribution in [3.8, 4) is 0 Å². The van der Waals surface area contributed by atoms with E-state index in [-0.39, 0.29) is 0 Å². The van der Waals surface area contributed by atoms with Crippen LogP contribution in [0.2, 0.25) is 0 Å². The maximum Gasteiger partial charge on any atom is 0.198 e.